The van der Waals surface area contributed by atoms with Crippen LogP contribution in [0.3, 0.4) is 0 Å². The Morgan fingerprint density at radius 1 is 0.730 bits per heavy atom. The van der Waals surface area contributed by atoms with Gasteiger partial charge in [-0.2, -0.15) is 15.0 Å². The van der Waals surface area contributed by atoms with E-state index in [1.807, 2.05) is 12.1 Å². The maximum absolute atomic E-state index is 6.29. The van der Waals surface area contributed by atoms with Gasteiger partial charge in [-0.05, 0) is 36.8 Å². The van der Waals surface area contributed by atoms with Crippen LogP contribution < -0.4 is 38.9 Å². The minimum Gasteiger partial charge on any atom is -0.344 e. The number of nitrogens with zero attached hydrogens (tertiary/aromatic N) is 5. The fraction of sp³-hybridized carbons (Fsp3) is 0.423. The van der Waals surface area contributed by atoms with E-state index in [2.05, 4.69) is 63.6 Å². The zero-order valence-electron chi connectivity index (χ0n) is 21.4. The Hall–Kier alpha value is -3.02. The quantitative estimate of drug-likeness (QED) is 0.309. The lowest BCUT2D eigenvalue weighted by atomic mass is 9.99. The number of anilines is 3. The van der Waals surface area contributed by atoms with Crippen molar-refractivity contribution in [2.45, 2.75) is 43.8 Å². The maximum Gasteiger partial charge on any atom is 0.232 e. The van der Waals surface area contributed by atoms with E-state index in [0.29, 0.717) is 25.0 Å². The fourth-order valence-corrected chi connectivity index (χ4v) is 4.92. The van der Waals surface area contributed by atoms with E-state index in [1.54, 1.807) is 0 Å². The molecule has 0 saturated carbocycles. The second-order valence-electron chi connectivity index (χ2n) is 9.37. The van der Waals surface area contributed by atoms with E-state index in [4.69, 9.17) is 26.4 Å². The molecule has 5 rings (SSSR count). The van der Waals surface area contributed by atoms with Gasteiger partial charge in [0.1, 0.15) is 0 Å². The van der Waals surface area contributed by atoms with Crippen LogP contribution in [0.5, 0.6) is 0 Å². The van der Waals surface area contributed by atoms with Gasteiger partial charge in [-0.15, -0.1) is 12.4 Å². The van der Waals surface area contributed by atoms with Gasteiger partial charge in [0.2, 0.25) is 17.8 Å². The Morgan fingerprint density at radius 3 is 1.73 bits per heavy atom. The first-order valence-electron chi connectivity index (χ1n) is 12.3. The van der Waals surface area contributed by atoms with Crippen molar-refractivity contribution in [3.05, 3.63) is 71.8 Å². The van der Waals surface area contributed by atoms with Crippen molar-refractivity contribution in [2.75, 3.05) is 41.3 Å². The monoisotopic (exact) mass is 532 g/mol. The third kappa shape index (κ3) is 7.50. The average molecular weight is 533 g/mol. The molecule has 3 aromatic rings. The van der Waals surface area contributed by atoms with Gasteiger partial charge in [-0.25, -0.2) is 0 Å². The van der Waals surface area contributed by atoms with Gasteiger partial charge in [0.05, 0.1) is 6.04 Å². The van der Waals surface area contributed by atoms with Crippen LogP contribution in [-0.4, -0.2) is 53.2 Å². The smallest absolute Gasteiger partial charge is 0.232 e. The van der Waals surface area contributed by atoms with Crippen LogP contribution in [0.2, 0.25) is 0 Å². The lowest BCUT2D eigenvalue weighted by Crippen LogP contribution is -2.53. The Kier molecular flexibility index (Phi) is 11.5. The summed E-state index contributed by atoms with van der Waals surface area (Å²) in [4.78, 5) is 19.0. The Morgan fingerprint density at radius 2 is 1.22 bits per heavy atom. The largest absolute Gasteiger partial charge is 0.344 e. The first kappa shape index (κ1) is 30.2. The number of rotatable bonds is 6. The van der Waals surface area contributed by atoms with Crippen LogP contribution in [-0.2, 0) is 0 Å². The number of hydrogen-bond donors (Lipinski definition) is 5. The molecule has 206 valence electrons. The highest BCUT2D eigenvalue weighted by molar-refractivity contribution is 5.85. The molecule has 2 aliphatic rings. The Bertz CT molecular complexity index is 1030. The van der Waals surface area contributed by atoms with Crippen molar-refractivity contribution in [1.29, 1.82) is 0 Å². The van der Waals surface area contributed by atoms with Crippen molar-refractivity contribution in [3.8, 4) is 0 Å². The van der Waals surface area contributed by atoms with Crippen LogP contribution in [0.25, 0.3) is 0 Å². The fourth-order valence-electron chi connectivity index (χ4n) is 4.92. The average Bonchev–Trinajstić information content (AvgIpc) is 2.88. The summed E-state index contributed by atoms with van der Waals surface area (Å²) in [6.07, 6.45) is 4.37. The number of hydrogen-bond acceptors (Lipinski definition) is 10. The summed E-state index contributed by atoms with van der Waals surface area (Å²) in [5, 5.41) is 3.61. The number of halogens is 1. The third-order valence-electron chi connectivity index (χ3n) is 6.59. The van der Waals surface area contributed by atoms with E-state index < -0.39 is 0 Å². The second-order valence-corrected chi connectivity index (χ2v) is 9.37. The molecule has 1 aromatic heterocycles. The second kappa shape index (κ2) is 14.1. The van der Waals surface area contributed by atoms with Crippen molar-refractivity contribution < 1.29 is 2.85 Å². The summed E-state index contributed by atoms with van der Waals surface area (Å²) < 4.78 is 0. The highest BCUT2D eigenvalue weighted by Gasteiger charge is 2.27. The predicted octanol–water partition coefficient (Wildman–Crippen LogP) is 4.17. The van der Waals surface area contributed by atoms with E-state index in [9.17, 15) is 0 Å². The summed E-state index contributed by atoms with van der Waals surface area (Å²) in [5.41, 5.74) is 14.9. The van der Waals surface area contributed by atoms with Crippen LogP contribution in [0.1, 0.15) is 45.7 Å². The molecule has 2 fully saturated rings. The molecule has 3 heterocycles. The molecular formula is C26H45ClN10. The molecule has 10 nitrogen and oxygen atoms in total. The number of nitrogens with two attached hydrogens (primary N) is 2. The van der Waals surface area contributed by atoms with Gasteiger partial charge in [0.25, 0.3) is 0 Å². The zero-order valence-corrected chi connectivity index (χ0v) is 22.2. The number of nitrogens with one attached hydrogen (secondary N) is 1. The van der Waals surface area contributed by atoms with E-state index in [-0.39, 0.29) is 45.7 Å². The van der Waals surface area contributed by atoms with E-state index >= 15 is 0 Å². The lowest BCUT2D eigenvalue weighted by molar-refractivity contribution is 0.446. The first-order valence-corrected chi connectivity index (χ1v) is 12.3. The molecule has 2 aliphatic heterocycles. The normalized spacial score (nSPS) is 19.3. The molecule has 37 heavy (non-hydrogen) atoms. The predicted molar refractivity (Wildman–Crippen MR) is 159 cm³/mol. The summed E-state index contributed by atoms with van der Waals surface area (Å²) in [7, 11) is 0. The lowest BCUT2D eigenvalue weighted by Gasteiger charge is -2.35. The molecular weight excluding hydrogens is 488 g/mol. The highest BCUT2D eigenvalue weighted by Crippen LogP contribution is 2.28. The number of aromatic nitrogens is 3. The van der Waals surface area contributed by atoms with Gasteiger partial charge >= 0.3 is 0 Å². The molecule has 11 N–H and O–H groups in total. The number of benzene rings is 2. The van der Waals surface area contributed by atoms with Crippen molar-refractivity contribution >= 4 is 30.3 Å². The molecule has 2 aromatic carbocycles. The molecule has 2 saturated heterocycles. The summed E-state index contributed by atoms with van der Waals surface area (Å²) in [6.45, 7) is 3.31. The maximum atomic E-state index is 6.29. The molecule has 0 amide bonds. The summed E-state index contributed by atoms with van der Waals surface area (Å²) in [6, 6.07) is 20.7. The third-order valence-corrected chi connectivity index (χ3v) is 6.59. The summed E-state index contributed by atoms with van der Waals surface area (Å²) in [5.74, 6) is 1.93. The molecule has 0 aliphatic carbocycles. The first-order chi connectivity index (χ1) is 16.7. The SMILES string of the molecule is Cl.N.N.N[C@@H]1C[C@H](N)CN(c2nc(NC(c3ccccc3)c3ccccc3)nc(N3CCCCC3)n2)C1.[HH].[HH]. The van der Waals surface area contributed by atoms with Crippen LogP contribution in [0.15, 0.2) is 60.7 Å². The minimum atomic E-state index is -0.0854. The molecule has 0 unspecified atom stereocenters. The minimum absolute atomic E-state index is 0. The molecule has 0 radical (unpaired) electrons. The van der Waals surface area contributed by atoms with Gasteiger partial charge in [-0.1, -0.05) is 60.7 Å². The molecule has 0 spiro atoms. The van der Waals surface area contributed by atoms with Crippen molar-refractivity contribution in [2.24, 2.45) is 11.5 Å². The van der Waals surface area contributed by atoms with Crippen LogP contribution in [0.4, 0.5) is 17.8 Å². The van der Waals surface area contributed by atoms with Crippen molar-refractivity contribution in [3.63, 3.8) is 0 Å². The number of piperidine rings is 2. The Labute approximate surface area is 228 Å². The van der Waals surface area contributed by atoms with Gasteiger partial charge in [0.15, 0.2) is 0 Å². The van der Waals surface area contributed by atoms with E-state index in [1.165, 1.54) is 6.42 Å². The standard InChI is InChI=1S/C26H34N8.ClH.2H3N.2H2/c27-21-16-22(28)18-34(17-21)26-31-24(30-25(32-26)33-14-8-3-9-15-33)29-23(19-10-4-1-5-11-19)20-12-6-2-7-13-20;;;;;/h1-2,4-7,10-13,21-23H,3,8-9,14-18,27-28H2,(H,29,30,31,32);1H;2*1H3;2*1H/t21-,22+;;;;;. The van der Waals surface area contributed by atoms with Crippen LogP contribution in [0, 0.1) is 0 Å². The van der Waals surface area contributed by atoms with E-state index in [0.717, 1.165) is 49.4 Å². The van der Waals surface area contributed by atoms with Gasteiger partial charge < -0.3 is 38.9 Å². The Balaban J connectivity index is 0.00000289. The topological polar surface area (TPSA) is 179 Å². The van der Waals surface area contributed by atoms with Crippen molar-refractivity contribution in [1.82, 2.24) is 27.3 Å². The summed E-state index contributed by atoms with van der Waals surface area (Å²) >= 11 is 0. The molecule has 11 heteroatoms. The van der Waals surface area contributed by atoms with Gasteiger partial charge in [0, 0.05) is 41.1 Å². The van der Waals surface area contributed by atoms with Crippen LogP contribution >= 0.6 is 12.4 Å². The highest BCUT2D eigenvalue weighted by atomic mass is 35.5. The zero-order chi connectivity index (χ0) is 23.3. The van der Waals surface area contributed by atoms with Gasteiger partial charge in [-0.3, -0.25) is 0 Å². The molecule has 2 atom stereocenters. The molecule has 0 bridgehead atoms.